The van der Waals surface area contributed by atoms with Gasteiger partial charge in [0.2, 0.25) is 0 Å². The van der Waals surface area contributed by atoms with Crippen molar-refractivity contribution in [2.24, 2.45) is 10.2 Å². The minimum atomic E-state index is -4.54. The number of ether oxygens (including phenoxy) is 1. The normalized spacial score (nSPS) is 11.5. The molecule has 0 spiro atoms. The first-order valence-corrected chi connectivity index (χ1v) is 8.70. The SMILES string of the molecule is CCCCCCOc1ccc(N=Nc2ccc(C#N)cc2)cc1C(F)(F)F. The predicted molar refractivity (Wildman–Crippen MR) is 96.4 cm³/mol. The molecule has 2 aromatic carbocycles. The van der Waals surface area contributed by atoms with Gasteiger partial charge >= 0.3 is 6.18 Å². The van der Waals surface area contributed by atoms with Crippen LogP contribution >= 0.6 is 0 Å². The first-order valence-electron chi connectivity index (χ1n) is 8.70. The Kier molecular flexibility index (Phi) is 7.35. The number of azo groups is 1. The molecule has 0 amide bonds. The topological polar surface area (TPSA) is 57.7 Å². The minimum absolute atomic E-state index is 0.0741. The Balaban J connectivity index is 2.13. The fourth-order valence-electron chi connectivity index (χ4n) is 2.36. The zero-order valence-corrected chi connectivity index (χ0v) is 15.0. The lowest BCUT2D eigenvalue weighted by molar-refractivity contribution is -0.138. The van der Waals surface area contributed by atoms with Gasteiger partial charge in [-0.2, -0.15) is 28.7 Å². The van der Waals surface area contributed by atoms with Crippen molar-refractivity contribution in [1.29, 1.82) is 5.26 Å². The van der Waals surface area contributed by atoms with Gasteiger partial charge in [-0.25, -0.2) is 0 Å². The number of nitrogens with zero attached hydrogens (tertiary/aromatic N) is 3. The van der Waals surface area contributed by atoms with Gasteiger partial charge in [0.15, 0.2) is 0 Å². The molecule has 0 unspecified atom stereocenters. The first kappa shape index (κ1) is 20.4. The minimum Gasteiger partial charge on any atom is -0.493 e. The van der Waals surface area contributed by atoms with Crippen LogP contribution in [0.15, 0.2) is 52.7 Å². The number of hydrogen-bond acceptors (Lipinski definition) is 4. The number of hydrogen-bond donors (Lipinski definition) is 0. The highest BCUT2D eigenvalue weighted by Crippen LogP contribution is 2.38. The Morgan fingerprint density at radius 1 is 0.963 bits per heavy atom. The Morgan fingerprint density at radius 2 is 1.63 bits per heavy atom. The van der Waals surface area contributed by atoms with Crippen LogP contribution in [-0.2, 0) is 6.18 Å². The Bertz CT molecular complexity index is 809. The van der Waals surface area contributed by atoms with Gasteiger partial charge in [-0.05, 0) is 48.9 Å². The average molecular weight is 375 g/mol. The molecule has 0 aromatic heterocycles. The Labute approximate surface area is 156 Å². The highest BCUT2D eigenvalue weighted by Gasteiger charge is 2.34. The predicted octanol–water partition coefficient (Wildman–Crippen LogP) is 6.95. The lowest BCUT2D eigenvalue weighted by Gasteiger charge is -2.14. The standard InChI is InChI=1S/C20H20F3N3O/c1-2-3-4-5-12-27-19-11-10-17(13-18(19)20(21,22)23)26-25-16-8-6-15(14-24)7-9-16/h6-11,13H,2-5,12H2,1H3. The third-order valence-corrected chi connectivity index (χ3v) is 3.80. The lowest BCUT2D eigenvalue weighted by atomic mass is 10.1. The fourth-order valence-corrected chi connectivity index (χ4v) is 2.36. The van der Waals surface area contributed by atoms with E-state index in [2.05, 4.69) is 17.2 Å². The number of rotatable bonds is 8. The summed E-state index contributed by atoms with van der Waals surface area (Å²) in [6, 6.07) is 11.9. The van der Waals surface area contributed by atoms with E-state index in [1.165, 1.54) is 12.1 Å². The molecule has 2 aromatic rings. The van der Waals surface area contributed by atoms with Crippen LogP contribution in [0.5, 0.6) is 5.75 Å². The molecule has 0 aliphatic rings. The van der Waals surface area contributed by atoms with E-state index in [4.69, 9.17) is 10.00 Å². The quantitative estimate of drug-likeness (QED) is 0.370. The van der Waals surface area contributed by atoms with Crippen molar-refractivity contribution in [3.8, 4) is 11.8 Å². The second-order valence-electron chi connectivity index (χ2n) is 5.95. The molecule has 0 aliphatic carbocycles. The van der Waals surface area contributed by atoms with E-state index in [0.717, 1.165) is 25.3 Å². The van der Waals surface area contributed by atoms with Gasteiger partial charge in [-0.15, -0.1) is 0 Å². The Hall–Kier alpha value is -2.88. The highest BCUT2D eigenvalue weighted by atomic mass is 19.4. The maximum Gasteiger partial charge on any atom is 0.420 e. The highest BCUT2D eigenvalue weighted by molar-refractivity contribution is 5.49. The summed E-state index contributed by atoms with van der Waals surface area (Å²) in [6.07, 6.45) is -0.824. The third-order valence-electron chi connectivity index (χ3n) is 3.80. The lowest BCUT2D eigenvalue weighted by Crippen LogP contribution is -2.09. The van der Waals surface area contributed by atoms with Crippen molar-refractivity contribution in [1.82, 2.24) is 0 Å². The molecule has 142 valence electrons. The van der Waals surface area contributed by atoms with Crippen molar-refractivity contribution in [2.45, 2.75) is 38.8 Å². The summed E-state index contributed by atoms with van der Waals surface area (Å²) in [5, 5.41) is 16.5. The molecule has 0 fully saturated rings. The number of alkyl halides is 3. The van der Waals surface area contributed by atoms with E-state index < -0.39 is 11.7 Å². The van der Waals surface area contributed by atoms with E-state index in [0.29, 0.717) is 17.7 Å². The number of benzene rings is 2. The van der Waals surface area contributed by atoms with Gasteiger partial charge < -0.3 is 4.74 Å². The fraction of sp³-hybridized carbons (Fsp3) is 0.350. The van der Waals surface area contributed by atoms with Gasteiger partial charge in [-0.3, -0.25) is 0 Å². The molecule has 0 heterocycles. The molecule has 2 rings (SSSR count). The van der Waals surface area contributed by atoms with Gasteiger partial charge in [0.05, 0.1) is 35.2 Å². The second kappa shape index (κ2) is 9.72. The molecule has 0 atom stereocenters. The molecule has 0 bridgehead atoms. The van der Waals surface area contributed by atoms with Crippen LogP contribution in [0.25, 0.3) is 0 Å². The van der Waals surface area contributed by atoms with E-state index in [1.807, 2.05) is 6.07 Å². The van der Waals surface area contributed by atoms with Crippen molar-refractivity contribution in [3.63, 3.8) is 0 Å². The van der Waals surface area contributed by atoms with Gasteiger partial charge in [0.25, 0.3) is 0 Å². The van der Waals surface area contributed by atoms with E-state index in [-0.39, 0.29) is 18.0 Å². The zero-order valence-electron chi connectivity index (χ0n) is 15.0. The summed E-state index contributed by atoms with van der Waals surface area (Å²) < 4.78 is 45.3. The summed E-state index contributed by atoms with van der Waals surface area (Å²) in [6.45, 7) is 2.31. The molecular weight excluding hydrogens is 355 g/mol. The van der Waals surface area contributed by atoms with E-state index in [9.17, 15) is 13.2 Å². The van der Waals surface area contributed by atoms with Crippen LogP contribution in [0.1, 0.15) is 43.7 Å². The molecule has 27 heavy (non-hydrogen) atoms. The number of halogens is 3. The zero-order chi connectivity index (χ0) is 19.7. The van der Waals surface area contributed by atoms with Crippen LogP contribution in [0.4, 0.5) is 24.5 Å². The molecule has 4 nitrogen and oxygen atoms in total. The van der Waals surface area contributed by atoms with Crippen LogP contribution in [-0.4, -0.2) is 6.61 Å². The van der Waals surface area contributed by atoms with E-state index >= 15 is 0 Å². The molecule has 7 heteroatoms. The van der Waals surface area contributed by atoms with Gasteiger partial charge in [-0.1, -0.05) is 26.2 Å². The van der Waals surface area contributed by atoms with E-state index in [1.54, 1.807) is 24.3 Å². The summed E-state index contributed by atoms with van der Waals surface area (Å²) in [4.78, 5) is 0. The van der Waals surface area contributed by atoms with Crippen LogP contribution in [0.3, 0.4) is 0 Å². The van der Waals surface area contributed by atoms with Crippen LogP contribution < -0.4 is 4.74 Å². The maximum atomic E-state index is 13.3. The Morgan fingerprint density at radius 3 is 2.26 bits per heavy atom. The van der Waals surface area contributed by atoms with Crippen molar-refractivity contribution in [3.05, 3.63) is 53.6 Å². The maximum absolute atomic E-state index is 13.3. The van der Waals surface area contributed by atoms with Crippen LogP contribution in [0, 0.1) is 11.3 Å². The first-order chi connectivity index (χ1) is 12.9. The number of unbranched alkanes of at least 4 members (excludes halogenated alkanes) is 3. The van der Waals surface area contributed by atoms with Crippen molar-refractivity contribution < 1.29 is 17.9 Å². The van der Waals surface area contributed by atoms with Crippen molar-refractivity contribution in [2.75, 3.05) is 6.61 Å². The molecule has 0 aliphatic heterocycles. The third kappa shape index (κ3) is 6.41. The van der Waals surface area contributed by atoms with Gasteiger partial charge in [0.1, 0.15) is 5.75 Å². The average Bonchev–Trinajstić information content (AvgIpc) is 2.66. The summed E-state index contributed by atoms with van der Waals surface area (Å²) in [7, 11) is 0. The molecule has 0 radical (unpaired) electrons. The molecule has 0 saturated heterocycles. The summed E-state index contributed by atoms with van der Waals surface area (Å²) in [5.41, 5.74) is 0.117. The molecular formula is C20H20F3N3O. The monoisotopic (exact) mass is 375 g/mol. The van der Waals surface area contributed by atoms with Gasteiger partial charge in [0, 0.05) is 0 Å². The molecule has 0 N–H and O–H groups in total. The molecule has 0 saturated carbocycles. The summed E-state index contributed by atoms with van der Waals surface area (Å²) in [5.74, 6) is -0.198. The largest absolute Gasteiger partial charge is 0.493 e. The second-order valence-corrected chi connectivity index (χ2v) is 5.95. The van der Waals surface area contributed by atoms with Crippen molar-refractivity contribution >= 4 is 11.4 Å². The summed E-state index contributed by atoms with van der Waals surface area (Å²) >= 11 is 0. The smallest absolute Gasteiger partial charge is 0.420 e. The van der Waals surface area contributed by atoms with Crippen LogP contribution in [0.2, 0.25) is 0 Å². The number of nitriles is 1.